The molecule has 0 aliphatic heterocycles. The Morgan fingerprint density at radius 1 is 1.24 bits per heavy atom. The summed E-state index contributed by atoms with van der Waals surface area (Å²) >= 11 is 0. The van der Waals surface area contributed by atoms with Gasteiger partial charge in [-0.1, -0.05) is 25.3 Å². The van der Waals surface area contributed by atoms with Gasteiger partial charge in [0.15, 0.2) is 0 Å². The van der Waals surface area contributed by atoms with Crippen LogP contribution in [-0.4, -0.2) is 23.9 Å². The smallest absolute Gasteiger partial charge is 0.248 e. The molecule has 1 unspecified atom stereocenters. The van der Waals surface area contributed by atoms with E-state index in [0.29, 0.717) is 11.6 Å². The quantitative estimate of drug-likeness (QED) is 0.775. The number of carbonyl (C=O) groups is 2. The fourth-order valence-corrected chi connectivity index (χ4v) is 2.65. The lowest BCUT2D eigenvalue weighted by Gasteiger charge is -2.25. The molecule has 0 saturated heterocycles. The molecule has 5 heteroatoms. The highest BCUT2D eigenvalue weighted by atomic mass is 16.2. The molecule has 1 aromatic rings. The number of rotatable bonds is 5. The molecular weight excluding hydrogens is 266 g/mol. The highest BCUT2D eigenvalue weighted by Crippen LogP contribution is 2.18. The topological polar surface area (TPSA) is 84.2 Å². The largest absolute Gasteiger partial charge is 0.374 e. The molecule has 0 heterocycles. The van der Waals surface area contributed by atoms with E-state index in [1.807, 2.05) is 13.0 Å². The Balaban J connectivity index is 1.90. The van der Waals surface area contributed by atoms with E-state index in [2.05, 4.69) is 10.6 Å². The highest BCUT2D eigenvalue weighted by Gasteiger charge is 2.19. The fourth-order valence-electron chi connectivity index (χ4n) is 2.65. The second kappa shape index (κ2) is 7.11. The van der Waals surface area contributed by atoms with Crippen LogP contribution in [0.2, 0.25) is 0 Å². The van der Waals surface area contributed by atoms with Gasteiger partial charge in [0.25, 0.3) is 0 Å². The van der Waals surface area contributed by atoms with Gasteiger partial charge in [-0.2, -0.15) is 0 Å². The maximum atomic E-state index is 12.2. The van der Waals surface area contributed by atoms with Crippen molar-refractivity contribution in [1.29, 1.82) is 0 Å². The number of benzene rings is 1. The van der Waals surface area contributed by atoms with Crippen molar-refractivity contribution < 1.29 is 9.59 Å². The summed E-state index contributed by atoms with van der Waals surface area (Å²) in [5.41, 5.74) is 6.40. The second-order valence-electron chi connectivity index (χ2n) is 5.65. The third kappa shape index (κ3) is 4.48. The van der Waals surface area contributed by atoms with E-state index in [0.717, 1.165) is 18.5 Å². The summed E-state index contributed by atoms with van der Waals surface area (Å²) in [7, 11) is 0. The van der Waals surface area contributed by atoms with Crippen molar-refractivity contribution in [3.05, 3.63) is 29.8 Å². The summed E-state index contributed by atoms with van der Waals surface area (Å²) < 4.78 is 0. The zero-order valence-corrected chi connectivity index (χ0v) is 12.4. The van der Waals surface area contributed by atoms with Crippen LogP contribution in [0.5, 0.6) is 0 Å². The molecule has 114 valence electrons. The summed E-state index contributed by atoms with van der Waals surface area (Å²) in [5, 5.41) is 6.19. The fraction of sp³-hybridized carbons (Fsp3) is 0.500. The molecular formula is C16H23N3O2. The van der Waals surface area contributed by atoms with Crippen LogP contribution in [0.3, 0.4) is 0 Å². The van der Waals surface area contributed by atoms with Gasteiger partial charge in [-0.05, 0) is 38.0 Å². The molecule has 0 bridgehead atoms. The second-order valence-corrected chi connectivity index (χ2v) is 5.65. The maximum absolute atomic E-state index is 12.2. The average Bonchev–Trinajstić information content (AvgIpc) is 2.48. The molecule has 0 radical (unpaired) electrons. The zero-order valence-electron chi connectivity index (χ0n) is 12.4. The Labute approximate surface area is 125 Å². The minimum atomic E-state index is -0.474. The van der Waals surface area contributed by atoms with Crippen LogP contribution in [0.1, 0.15) is 49.4 Å². The van der Waals surface area contributed by atoms with Crippen molar-refractivity contribution in [2.45, 2.75) is 51.1 Å². The standard InChI is InChI=1S/C16H23N3O2/c1-11(16(21)19-13-7-3-2-4-8-13)18-14-9-5-6-12(10-14)15(17)20/h5-6,9-11,13,18H,2-4,7-8H2,1H3,(H2,17,20)(H,19,21). The van der Waals surface area contributed by atoms with Crippen molar-refractivity contribution in [2.75, 3.05) is 5.32 Å². The minimum absolute atomic E-state index is 0.00798. The summed E-state index contributed by atoms with van der Waals surface area (Å²) in [6.45, 7) is 1.81. The zero-order chi connectivity index (χ0) is 15.2. The minimum Gasteiger partial charge on any atom is -0.374 e. The number of amides is 2. The third-order valence-electron chi connectivity index (χ3n) is 3.88. The van der Waals surface area contributed by atoms with E-state index in [9.17, 15) is 9.59 Å². The molecule has 1 atom stereocenters. The van der Waals surface area contributed by atoms with Gasteiger partial charge in [-0.3, -0.25) is 9.59 Å². The number of nitrogens with one attached hydrogen (secondary N) is 2. The molecule has 1 fully saturated rings. The third-order valence-corrected chi connectivity index (χ3v) is 3.88. The van der Waals surface area contributed by atoms with E-state index < -0.39 is 5.91 Å². The molecule has 2 rings (SSSR count). The van der Waals surface area contributed by atoms with Gasteiger partial charge in [-0.15, -0.1) is 0 Å². The van der Waals surface area contributed by atoms with E-state index >= 15 is 0 Å². The van der Waals surface area contributed by atoms with E-state index in [1.165, 1.54) is 19.3 Å². The summed E-state index contributed by atoms with van der Waals surface area (Å²) in [6, 6.07) is 6.82. The van der Waals surface area contributed by atoms with Crippen molar-refractivity contribution in [2.24, 2.45) is 5.73 Å². The van der Waals surface area contributed by atoms with Crippen molar-refractivity contribution in [1.82, 2.24) is 5.32 Å². The van der Waals surface area contributed by atoms with Crippen molar-refractivity contribution in [3.63, 3.8) is 0 Å². The Morgan fingerprint density at radius 2 is 1.95 bits per heavy atom. The number of carbonyl (C=O) groups excluding carboxylic acids is 2. The van der Waals surface area contributed by atoms with Crippen molar-refractivity contribution in [3.8, 4) is 0 Å². The molecule has 0 aromatic heterocycles. The lowest BCUT2D eigenvalue weighted by atomic mass is 9.95. The Hall–Kier alpha value is -2.04. The first kappa shape index (κ1) is 15.4. The van der Waals surface area contributed by atoms with E-state index in [-0.39, 0.29) is 11.9 Å². The van der Waals surface area contributed by atoms with Crippen LogP contribution in [0.4, 0.5) is 5.69 Å². The molecule has 1 aromatic carbocycles. The normalized spacial score (nSPS) is 17.0. The molecule has 21 heavy (non-hydrogen) atoms. The molecule has 1 saturated carbocycles. The monoisotopic (exact) mass is 289 g/mol. The van der Waals surface area contributed by atoms with Gasteiger partial charge in [0.05, 0.1) is 0 Å². The Morgan fingerprint density at radius 3 is 2.62 bits per heavy atom. The summed E-state index contributed by atoms with van der Waals surface area (Å²) in [5.74, 6) is -0.482. The number of hydrogen-bond acceptors (Lipinski definition) is 3. The number of primary amides is 1. The summed E-state index contributed by atoms with van der Waals surface area (Å²) in [6.07, 6.45) is 5.77. The average molecular weight is 289 g/mol. The molecule has 4 N–H and O–H groups in total. The van der Waals surface area contributed by atoms with Gasteiger partial charge < -0.3 is 16.4 Å². The predicted molar refractivity (Wildman–Crippen MR) is 83.1 cm³/mol. The first-order valence-corrected chi connectivity index (χ1v) is 7.53. The van der Waals surface area contributed by atoms with Gasteiger partial charge in [-0.25, -0.2) is 0 Å². The van der Waals surface area contributed by atoms with Gasteiger partial charge in [0.2, 0.25) is 11.8 Å². The van der Waals surface area contributed by atoms with Gasteiger partial charge in [0.1, 0.15) is 6.04 Å². The van der Waals surface area contributed by atoms with E-state index in [4.69, 9.17) is 5.73 Å². The molecule has 5 nitrogen and oxygen atoms in total. The van der Waals surface area contributed by atoms with Gasteiger partial charge >= 0.3 is 0 Å². The predicted octanol–water partition coefficient (Wildman–Crippen LogP) is 2.03. The lowest BCUT2D eigenvalue weighted by molar-refractivity contribution is -0.122. The highest BCUT2D eigenvalue weighted by molar-refractivity contribution is 5.94. The van der Waals surface area contributed by atoms with Crippen LogP contribution < -0.4 is 16.4 Å². The maximum Gasteiger partial charge on any atom is 0.248 e. The van der Waals surface area contributed by atoms with Crippen LogP contribution in [0.15, 0.2) is 24.3 Å². The molecule has 2 amide bonds. The van der Waals surface area contributed by atoms with Crippen LogP contribution in [0, 0.1) is 0 Å². The lowest BCUT2D eigenvalue weighted by Crippen LogP contribution is -2.44. The molecule has 1 aliphatic carbocycles. The van der Waals surface area contributed by atoms with Crippen LogP contribution in [-0.2, 0) is 4.79 Å². The summed E-state index contributed by atoms with van der Waals surface area (Å²) in [4.78, 5) is 23.3. The van der Waals surface area contributed by atoms with Crippen molar-refractivity contribution >= 4 is 17.5 Å². The van der Waals surface area contributed by atoms with Gasteiger partial charge in [0, 0.05) is 17.3 Å². The first-order chi connectivity index (χ1) is 10.1. The van der Waals surface area contributed by atoms with E-state index in [1.54, 1.807) is 18.2 Å². The number of anilines is 1. The van der Waals surface area contributed by atoms with Crippen LogP contribution >= 0.6 is 0 Å². The first-order valence-electron chi connectivity index (χ1n) is 7.53. The SMILES string of the molecule is CC(Nc1cccc(C(N)=O)c1)C(=O)NC1CCCCC1. The Kier molecular flexibility index (Phi) is 5.20. The molecule has 0 spiro atoms. The number of nitrogens with two attached hydrogens (primary N) is 1. The van der Waals surface area contributed by atoms with Crippen LogP contribution in [0.25, 0.3) is 0 Å². The number of hydrogen-bond donors (Lipinski definition) is 3. The molecule has 1 aliphatic rings. The Bertz CT molecular complexity index is 510.